The van der Waals surface area contributed by atoms with Crippen LogP contribution in [0.3, 0.4) is 0 Å². The third kappa shape index (κ3) is 2.32. The van der Waals surface area contributed by atoms with Gasteiger partial charge in [-0.1, -0.05) is 13.3 Å². The summed E-state index contributed by atoms with van der Waals surface area (Å²) in [7, 11) is 0. The number of carboxylic acids is 1. The molecule has 6 heteroatoms. The first-order valence-corrected chi connectivity index (χ1v) is 5.96. The number of nitrogens with zero attached hydrogens (tertiary/aromatic N) is 1. The number of fused-ring (bicyclic) bond motifs is 1. The van der Waals surface area contributed by atoms with Gasteiger partial charge < -0.3 is 9.90 Å². The van der Waals surface area contributed by atoms with Gasteiger partial charge in [0.05, 0.1) is 23.5 Å². The SMILES string of the molecule is CCCCC1=C(C(=O)[O-])N2C(=O)C[C@H]2S1.[Na+]. The van der Waals surface area contributed by atoms with Crippen LogP contribution in [0.25, 0.3) is 0 Å². The van der Waals surface area contributed by atoms with Gasteiger partial charge in [-0.25, -0.2) is 0 Å². The molecule has 0 aliphatic carbocycles. The van der Waals surface area contributed by atoms with Crippen LogP contribution in [0.2, 0.25) is 0 Å². The number of hydrogen-bond donors (Lipinski definition) is 0. The van der Waals surface area contributed by atoms with Crippen molar-refractivity contribution in [2.45, 2.75) is 38.0 Å². The van der Waals surface area contributed by atoms with Crippen LogP contribution < -0.4 is 34.7 Å². The molecule has 0 bridgehead atoms. The molecule has 16 heavy (non-hydrogen) atoms. The summed E-state index contributed by atoms with van der Waals surface area (Å²) in [4.78, 5) is 24.3. The van der Waals surface area contributed by atoms with Crippen molar-refractivity contribution in [1.29, 1.82) is 0 Å². The number of carbonyl (C=O) groups is 2. The van der Waals surface area contributed by atoms with E-state index in [1.807, 2.05) is 0 Å². The molecule has 0 unspecified atom stereocenters. The van der Waals surface area contributed by atoms with Gasteiger partial charge in [0.15, 0.2) is 0 Å². The van der Waals surface area contributed by atoms with E-state index in [9.17, 15) is 14.7 Å². The molecule has 1 fully saturated rings. The minimum Gasteiger partial charge on any atom is -0.543 e. The molecule has 2 aliphatic rings. The fourth-order valence-corrected chi connectivity index (χ4v) is 3.27. The zero-order valence-corrected chi connectivity index (χ0v) is 12.3. The Labute approximate surface area is 121 Å². The van der Waals surface area contributed by atoms with Crippen LogP contribution in [0.15, 0.2) is 10.6 Å². The molecule has 0 saturated carbocycles. The van der Waals surface area contributed by atoms with E-state index in [2.05, 4.69) is 6.92 Å². The Hall–Kier alpha value is 0.0300. The van der Waals surface area contributed by atoms with E-state index in [0.29, 0.717) is 6.42 Å². The summed E-state index contributed by atoms with van der Waals surface area (Å²) in [5.41, 5.74) is 0.120. The predicted octanol–water partition coefficient (Wildman–Crippen LogP) is -2.55. The molecule has 4 nitrogen and oxygen atoms in total. The summed E-state index contributed by atoms with van der Waals surface area (Å²) in [5.74, 6) is -1.32. The Bertz CT molecular complexity index is 356. The van der Waals surface area contributed by atoms with Crippen molar-refractivity contribution >= 4 is 23.6 Å². The molecule has 1 atom stereocenters. The molecule has 2 heterocycles. The first kappa shape index (κ1) is 14.1. The Morgan fingerprint density at radius 3 is 2.81 bits per heavy atom. The number of thioether (sulfide) groups is 1. The van der Waals surface area contributed by atoms with E-state index in [0.717, 1.165) is 24.2 Å². The first-order chi connectivity index (χ1) is 7.15. The number of unbranched alkanes of at least 4 members (excludes halogenated alkanes) is 1. The average molecular weight is 249 g/mol. The third-order valence-electron chi connectivity index (χ3n) is 2.64. The van der Waals surface area contributed by atoms with E-state index in [4.69, 9.17) is 0 Å². The molecule has 0 aromatic rings. The van der Waals surface area contributed by atoms with Gasteiger partial charge in [0, 0.05) is 4.91 Å². The largest absolute Gasteiger partial charge is 1.00 e. The van der Waals surface area contributed by atoms with Crippen LogP contribution in [0.5, 0.6) is 0 Å². The number of rotatable bonds is 4. The second-order valence-corrected chi connectivity index (χ2v) is 4.98. The van der Waals surface area contributed by atoms with Crippen LogP contribution >= 0.6 is 11.8 Å². The number of aliphatic carboxylic acids is 1. The molecule has 0 aromatic heterocycles. The molecule has 0 N–H and O–H groups in total. The Balaban J connectivity index is 0.00000128. The van der Waals surface area contributed by atoms with E-state index < -0.39 is 5.97 Å². The van der Waals surface area contributed by atoms with Gasteiger partial charge >= 0.3 is 29.6 Å². The monoisotopic (exact) mass is 249 g/mol. The van der Waals surface area contributed by atoms with E-state index in [1.165, 1.54) is 16.7 Å². The molecular weight excluding hydrogens is 237 g/mol. The maximum absolute atomic E-state index is 11.2. The molecular formula is C10H12NNaO3S. The second kappa shape index (κ2) is 5.58. The summed E-state index contributed by atoms with van der Waals surface area (Å²) in [5, 5.41) is 11.0. The fourth-order valence-electron chi connectivity index (χ4n) is 1.83. The normalized spacial score (nSPS) is 22.7. The quantitative estimate of drug-likeness (QED) is 0.406. The molecule has 0 radical (unpaired) electrons. The van der Waals surface area contributed by atoms with Crippen molar-refractivity contribution < 1.29 is 44.3 Å². The van der Waals surface area contributed by atoms with Crippen molar-refractivity contribution in [2.75, 3.05) is 0 Å². The van der Waals surface area contributed by atoms with Crippen molar-refractivity contribution in [3.8, 4) is 0 Å². The number of amides is 1. The van der Waals surface area contributed by atoms with Gasteiger partial charge in [-0.2, -0.15) is 0 Å². The van der Waals surface area contributed by atoms with Crippen LogP contribution in [0.4, 0.5) is 0 Å². The molecule has 1 saturated heterocycles. The zero-order chi connectivity index (χ0) is 11.0. The average Bonchev–Trinajstić information content (AvgIpc) is 2.47. The second-order valence-electron chi connectivity index (χ2n) is 3.70. The van der Waals surface area contributed by atoms with Crippen molar-refractivity contribution in [3.63, 3.8) is 0 Å². The standard InChI is InChI=1S/C10H13NO3S.Na/c1-2-3-4-6-9(10(13)14)11-7(12)5-8(11)15-6;/h8H,2-5H2,1H3,(H,13,14);/q;+1/p-1/t8-;/m1./s1. The van der Waals surface area contributed by atoms with Gasteiger partial charge in [-0.05, 0) is 12.8 Å². The molecule has 2 rings (SSSR count). The minimum absolute atomic E-state index is 0. The van der Waals surface area contributed by atoms with E-state index in [-0.39, 0.29) is 46.5 Å². The Morgan fingerprint density at radius 1 is 1.62 bits per heavy atom. The van der Waals surface area contributed by atoms with Gasteiger partial charge in [0.1, 0.15) is 0 Å². The number of allylic oxidation sites excluding steroid dienone is 1. The molecule has 0 aromatic carbocycles. The smallest absolute Gasteiger partial charge is 0.543 e. The van der Waals surface area contributed by atoms with Gasteiger partial charge in [0.2, 0.25) is 5.91 Å². The Kier molecular flexibility index (Phi) is 4.91. The number of hydrogen-bond acceptors (Lipinski definition) is 4. The minimum atomic E-state index is -1.22. The van der Waals surface area contributed by atoms with Crippen LogP contribution in [-0.2, 0) is 9.59 Å². The maximum Gasteiger partial charge on any atom is 1.00 e. The molecule has 1 amide bonds. The summed E-state index contributed by atoms with van der Waals surface area (Å²) < 4.78 is 0. The van der Waals surface area contributed by atoms with Gasteiger partial charge in [-0.3, -0.25) is 9.69 Å². The van der Waals surface area contributed by atoms with Crippen molar-refractivity contribution in [2.24, 2.45) is 0 Å². The van der Waals surface area contributed by atoms with Crippen LogP contribution in [0.1, 0.15) is 32.6 Å². The van der Waals surface area contributed by atoms with Gasteiger partial charge in [-0.15, -0.1) is 11.8 Å². The maximum atomic E-state index is 11.2. The number of carbonyl (C=O) groups excluding carboxylic acids is 2. The van der Waals surface area contributed by atoms with Gasteiger partial charge in [0.25, 0.3) is 0 Å². The first-order valence-electron chi connectivity index (χ1n) is 5.08. The fraction of sp³-hybridized carbons (Fsp3) is 0.600. The van der Waals surface area contributed by atoms with E-state index in [1.54, 1.807) is 0 Å². The van der Waals surface area contributed by atoms with E-state index >= 15 is 0 Å². The topological polar surface area (TPSA) is 60.4 Å². The predicted molar refractivity (Wildman–Crippen MR) is 54.4 cm³/mol. The summed E-state index contributed by atoms with van der Waals surface area (Å²) >= 11 is 1.50. The summed E-state index contributed by atoms with van der Waals surface area (Å²) in [6.07, 6.45) is 3.17. The Morgan fingerprint density at radius 2 is 2.31 bits per heavy atom. The van der Waals surface area contributed by atoms with Crippen LogP contribution in [-0.4, -0.2) is 22.2 Å². The zero-order valence-electron chi connectivity index (χ0n) is 9.49. The number of β-lactam (4-membered cyclic amide) rings is 1. The molecule has 0 spiro atoms. The summed E-state index contributed by atoms with van der Waals surface area (Å²) in [6.45, 7) is 2.05. The summed E-state index contributed by atoms with van der Waals surface area (Å²) in [6, 6.07) is 0. The van der Waals surface area contributed by atoms with Crippen molar-refractivity contribution in [1.82, 2.24) is 4.90 Å². The van der Waals surface area contributed by atoms with Crippen molar-refractivity contribution in [3.05, 3.63) is 10.6 Å². The van der Waals surface area contributed by atoms with Crippen LogP contribution in [0, 0.1) is 0 Å². The molecule has 82 valence electrons. The number of carboxylic acid groups (broad SMARTS) is 1. The molecule has 2 aliphatic heterocycles. The third-order valence-corrected chi connectivity index (χ3v) is 3.97.